The van der Waals surface area contributed by atoms with Crippen LogP contribution in [-0.2, 0) is 0 Å². The summed E-state index contributed by atoms with van der Waals surface area (Å²) in [7, 11) is 0. The largest absolute Gasteiger partial charge is 0.455 e. The molecule has 5 nitrogen and oxygen atoms in total. The Morgan fingerprint density at radius 2 is 1.04 bits per heavy atom. The highest BCUT2D eigenvalue weighted by Crippen LogP contribution is 2.48. The van der Waals surface area contributed by atoms with E-state index in [1.807, 2.05) is 0 Å². The highest BCUT2D eigenvalue weighted by molar-refractivity contribution is 6.26. The van der Waals surface area contributed by atoms with E-state index < -0.39 is 0 Å². The summed E-state index contributed by atoms with van der Waals surface area (Å²) in [4.78, 5) is 11.8. The molecule has 0 saturated heterocycles. The van der Waals surface area contributed by atoms with Gasteiger partial charge in [-0.3, -0.25) is 0 Å². The Balaban J connectivity index is 1.05. The van der Waals surface area contributed by atoms with Crippen LogP contribution < -0.4 is 0 Å². The first kappa shape index (κ1) is 40.6. The van der Waals surface area contributed by atoms with Gasteiger partial charge in [0.15, 0.2) is 5.84 Å². The molecule has 338 valence electrons. The molecule has 0 fully saturated rings. The minimum Gasteiger partial charge on any atom is -0.455 e. The van der Waals surface area contributed by atoms with E-state index in [4.69, 9.17) is 14.4 Å². The fraction of sp³-hybridized carbons (Fsp3) is 0.0448. The maximum absolute atomic E-state index is 7.00. The molecular formula is C67H44N4O. The number of aromatic nitrogens is 2. The number of nitrogens with zero attached hydrogens (tertiary/aromatic N) is 4. The van der Waals surface area contributed by atoms with Gasteiger partial charge in [-0.15, -0.1) is 0 Å². The van der Waals surface area contributed by atoms with Crippen molar-refractivity contribution in [3.8, 4) is 11.4 Å². The quantitative estimate of drug-likeness (QED) is 0.170. The molecule has 0 spiro atoms. The van der Waals surface area contributed by atoms with Gasteiger partial charge in [-0.05, 0) is 93.5 Å². The second kappa shape index (κ2) is 15.9. The lowest BCUT2D eigenvalue weighted by Gasteiger charge is -2.22. The summed E-state index contributed by atoms with van der Waals surface area (Å²) in [6.45, 7) is 2.32. The van der Waals surface area contributed by atoms with Gasteiger partial charge >= 0.3 is 0 Å². The van der Waals surface area contributed by atoms with E-state index in [1.54, 1.807) is 0 Å². The van der Waals surface area contributed by atoms with E-state index in [1.165, 1.54) is 37.8 Å². The number of hydrogen-bond acceptors (Lipinski definition) is 3. The Hall–Kier alpha value is -9.32. The van der Waals surface area contributed by atoms with E-state index in [0.717, 1.165) is 99.5 Å². The van der Waals surface area contributed by atoms with Crippen molar-refractivity contribution in [2.75, 3.05) is 0 Å². The number of benzene rings is 11. The van der Waals surface area contributed by atoms with Gasteiger partial charge in [-0.25, -0.2) is 9.98 Å². The number of para-hydroxylation sites is 4. The normalized spacial score (nSPS) is 15.2. The van der Waals surface area contributed by atoms with Crippen molar-refractivity contribution in [3.63, 3.8) is 0 Å². The third-order valence-corrected chi connectivity index (χ3v) is 15.1. The van der Waals surface area contributed by atoms with Crippen LogP contribution >= 0.6 is 0 Å². The number of furan rings is 1. The summed E-state index contributed by atoms with van der Waals surface area (Å²) in [5.74, 6) is 0.694. The van der Waals surface area contributed by atoms with Crippen LogP contribution in [0.25, 0.3) is 115 Å². The second-order valence-corrected chi connectivity index (χ2v) is 19.2. The minimum absolute atomic E-state index is 0.0215. The molecule has 0 aliphatic carbocycles. The number of hydrogen-bond donors (Lipinski definition) is 0. The molecular weight excluding hydrogens is 877 g/mol. The molecule has 14 aromatic rings. The summed E-state index contributed by atoms with van der Waals surface area (Å²) in [6.07, 6.45) is 3.09. The number of aliphatic imine (C=N–C) groups is 2. The van der Waals surface area contributed by atoms with Crippen molar-refractivity contribution < 1.29 is 4.42 Å². The maximum atomic E-state index is 7.00. The van der Waals surface area contributed by atoms with Gasteiger partial charge in [0, 0.05) is 55.0 Å². The summed E-state index contributed by atoms with van der Waals surface area (Å²) in [5, 5.41) is 13.6. The molecule has 0 amide bonds. The monoisotopic (exact) mass is 920 g/mol. The first-order valence-corrected chi connectivity index (χ1v) is 24.9. The first-order valence-electron chi connectivity index (χ1n) is 24.9. The highest BCUT2D eigenvalue weighted by Gasteiger charge is 2.29. The molecule has 0 radical (unpaired) electrons. The lowest BCUT2D eigenvalue weighted by atomic mass is 9.90. The van der Waals surface area contributed by atoms with Gasteiger partial charge in [0.05, 0.1) is 44.5 Å². The molecule has 0 saturated carbocycles. The molecule has 11 aromatic carbocycles. The molecule has 0 bridgehead atoms. The molecule has 3 aromatic heterocycles. The van der Waals surface area contributed by atoms with Gasteiger partial charge in [0.25, 0.3) is 0 Å². The molecule has 1 aliphatic heterocycles. The van der Waals surface area contributed by atoms with E-state index in [9.17, 15) is 0 Å². The van der Waals surface area contributed by atoms with Gasteiger partial charge in [0.1, 0.15) is 11.2 Å². The van der Waals surface area contributed by atoms with Gasteiger partial charge in [-0.2, -0.15) is 0 Å². The average molecular weight is 921 g/mol. The summed E-state index contributed by atoms with van der Waals surface area (Å²) in [5.41, 5.74) is 13.5. The Labute approximate surface area is 414 Å². The molecule has 72 heavy (non-hydrogen) atoms. The summed E-state index contributed by atoms with van der Waals surface area (Å²) in [6, 6.07) is 80.8. The van der Waals surface area contributed by atoms with Crippen LogP contribution in [0.4, 0.5) is 0 Å². The lowest BCUT2D eigenvalue weighted by molar-refractivity contribution is 0.672. The fourth-order valence-electron chi connectivity index (χ4n) is 11.8. The molecule has 15 rings (SSSR count). The zero-order valence-electron chi connectivity index (χ0n) is 39.4. The highest BCUT2D eigenvalue weighted by atomic mass is 16.3. The van der Waals surface area contributed by atoms with E-state index in [2.05, 4.69) is 247 Å². The first-order chi connectivity index (χ1) is 35.6. The Morgan fingerprint density at radius 1 is 0.444 bits per heavy atom. The van der Waals surface area contributed by atoms with Crippen LogP contribution in [0.15, 0.2) is 245 Å². The van der Waals surface area contributed by atoms with E-state index >= 15 is 0 Å². The van der Waals surface area contributed by atoms with Gasteiger partial charge < -0.3 is 13.6 Å². The third kappa shape index (κ3) is 6.07. The van der Waals surface area contributed by atoms with Crippen LogP contribution in [0.3, 0.4) is 0 Å². The summed E-state index contributed by atoms with van der Waals surface area (Å²) < 4.78 is 11.9. The summed E-state index contributed by atoms with van der Waals surface area (Å²) >= 11 is 0. The van der Waals surface area contributed by atoms with Crippen LogP contribution in [0.1, 0.15) is 30.0 Å². The Bertz CT molecular complexity index is 4670. The molecule has 1 aliphatic rings. The van der Waals surface area contributed by atoms with Crippen molar-refractivity contribution in [2.45, 2.75) is 13.3 Å². The molecule has 0 N–H and O–H groups in total. The Morgan fingerprint density at radius 3 is 1.83 bits per heavy atom. The Kier molecular flexibility index (Phi) is 8.93. The van der Waals surface area contributed by atoms with E-state index in [0.29, 0.717) is 12.3 Å². The van der Waals surface area contributed by atoms with Crippen molar-refractivity contribution in [2.24, 2.45) is 15.9 Å². The van der Waals surface area contributed by atoms with Crippen LogP contribution in [0, 0.1) is 5.92 Å². The molecule has 1 unspecified atom stereocenters. The third-order valence-electron chi connectivity index (χ3n) is 15.1. The molecule has 4 heterocycles. The number of amidine groups is 1. The van der Waals surface area contributed by atoms with Gasteiger partial charge in [-0.1, -0.05) is 183 Å². The second-order valence-electron chi connectivity index (χ2n) is 19.2. The molecule has 1 atom stereocenters. The predicted octanol–water partition coefficient (Wildman–Crippen LogP) is 17.6. The smallest absolute Gasteiger partial charge is 0.160 e. The lowest BCUT2D eigenvalue weighted by Crippen LogP contribution is -2.17. The predicted molar refractivity (Wildman–Crippen MR) is 303 cm³/mol. The maximum Gasteiger partial charge on any atom is 0.160 e. The number of allylic oxidation sites excluding steroid dienone is 1. The van der Waals surface area contributed by atoms with Crippen molar-refractivity contribution in [3.05, 3.63) is 247 Å². The number of fused-ring (bicyclic) bond motifs is 13. The van der Waals surface area contributed by atoms with E-state index in [-0.39, 0.29) is 5.92 Å². The van der Waals surface area contributed by atoms with Gasteiger partial charge in [0.2, 0.25) is 0 Å². The molecule has 5 heteroatoms. The van der Waals surface area contributed by atoms with Crippen molar-refractivity contribution in [1.82, 2.24) is 9.13 Å². The zero-order valence-corrected chi connectivity index (χ0v) is 39.4. The van der Waals surface area contributed by atoms with Crippen LogP contribution in [0.2, 0.25) is 0 Å². The van der Waals surface area contributed by atoms with Crippen LogP contribution in [-0.4, -0.2) is 20.7 Å². The van der Waals surface area contributed by atoms with Crippen molar-refractivity contribution >= 4 is 115 Å². The SMILES string of the molecule is CC1C/C=C(\c2c(-n3c4ccccc4c4cc5ccccc5cc43)c3c4ccccc4oc3c3ccccc23)N=C(c2cccc3ccccc23)N=C1c1ccc2c(c1)c1ccccc1n2-c1ccccc1. The standard InChI is InChI=1S/C67H44N4O/c1-41-34-36-56(68-67(52-30-17-21-42-18-7-8-24-47(42)52)69-64(41)45-35-37-59-54(39-45)48-25-11-14-31-57(48)70(59)46-22-3-2-4-23-46)62-50-27-9-10-28-51(50)66-63(53-29-13-16-33-61(53)72-66)65(62)71-58-32-15-12-26-49(58)55-38-43-19-5-6-20-44(43)40-60(55)71/h2-33,35-41H,34H2,1H3/b56-36+,68-67?,69-64?. The zero-order chi connectivity index (χ0) is 47.4. The fourth-order valence-corrected chi connectivity index (χ4v) is 11.8. The number of rotatable bonds is 5. The van der Waals surface area contributed by atoms with Crippen LogP contribution in [0.5, 0.6) is 0 Å². The average Bonchev–Trinajstić information content (AvgIpc) is 4.09. The topological polar surface area (TPSA) is 47.7 Å². The minimum atomic E-state index is 0.0215. The van der Waals surface area contributed by atoms with Crippen molar-refractivity contribution in [1.29, 1.82) is 0 Å².